The Kier molecular flexibility index (Phi) is 23.2. The average Bonchev–Trinajstić information content (AvgIpc) is 3.15. The number of carbonyl (C=O) groups excluding carboxylic acids is 6. The third-order valence-electron chi connectivity index (χ3n) is 8.36. The number of carbonyl (C=O) groups is 8. The molecular formula is C35H56N8O11S2. The highest BCUT2D eigenvalue weighted by molar-refractivity contribution is 7.98. The molecule has 314 valence electrons. The number of benzene rings is 1. The second-order valence-electron chi connectivity index (χ2n) is 13.2. The van der Waals surface area contributed by atoms with Gasteiger partial charge in [-0.3, -0.25) is 33.6 Å². The molecule has 1 rings (SSSR count). The first-order valence-electron chi connectivity index (χ1n) is 18.0. The third kappa shape index (κ3) is 18.4. The Labute approximate surface area is 335 Å². The van der Waals surface area contributed by atoms with E-state index in [1.165, 1.54) is 36.0 Å². The van der Waals surface area contributed by atoms with Gasteiger partial charge in [-0.25, -0.2) is 4.79 Å². The molecule has 21 heteroatoms. The maximum Gasteiger partial charge on any atom is 0.326 e. The number of amides is 6. The van der Waals surface area contributed by atoms with Crippen molar-refractivity contribution in [3.05, 3.63) is 29.8 Å². The van der Waals surface area contributed by atoms with E-state index < -0.39 is 103 Å². The van der Waals surface area contributed by atoms with Crippen LogP contribution in [0, 0.1) is 5.92 Å². The van der Waals surface area contributed by atoms with Crippen molar-refractivity contribution >= 4 is 71.8 Å². The standard InChI is InChI=1S/C35H56N8O11S2/c1-19(2)29(35(53)54)43-32(50)22(6-4-5-14-36)39-34(52)26(18-55)42-31(49)24(13-15-56-3)40-33(51)25(16-20-7-9-21(44)10-8-20)41-30(48)23(11-12-28(46)47)38-27(45)17-37/h7-10,19,22-26,29,44,55H,4-6,11-18,36-37H2,1-3H3,(H,38,45)(H,39,52)(H,40,51)(H,41,48)(H,42,49)(H,43,50)(H,46,47)(H,53,54). The molecule has 0 aliphatic heterocycles. The van der Waals surface area contributed by atoms with Crippen LogP contribution in [0.25, 0.3) is 0 Å². The summed E-state index contributed by atoms with van der Waals surface area (Å²) >= 11 is 5.58. The first-order valence-corrected chi connectivity index (χ1v) is 20.0. The van der Waals surface area contributed by atoms with E-state index in [4.69, 9.17) is 11.5 Å². The number of unbranched alkanes of at least 4 members (excludes halogenated alkanes) is 1. The molecule has 0 aliphatic rings. The molecule has 0 fully saturated rings. The number of aliphatic carboxylic acids is 2. The summed E-state index contributed by atoms with van der Waals surface area (Å²) in [5, 5.41) is 43.5. The van der Waals surface area contributed by atoms with Gasteiger partial charge in [-0.15, -0.1) is 0 Å². The Hall–Kier alpha value is -4.60. The molecule has 0 saturated heterocycles. The van der Waals surface area contributed by atoms with E-state index in [9.17, 15) is 53.7 Å². The molecule has 19 nitrogen and oxygen atoms in total. The lowest BCUT2D eigenvalue weighted by Gasteiger charge is -2.27. The number of rotatable bonds is 27. The SMILES string of the molecule is CSCCC(NC(=O)C(Cc1ccc(O)cc1)NC(=O)C(CCC(=O)O)NC(=O)CN)C(=O)NC(CS)C(=O)NC(CCCCN)C(=O)NC(C(=O)O)C(C)C. The van der Waals surface area contributed by atoms with Crippen molar-refractivity contribution in [1.29, 1.82) is 0 Å². The van der Waals surface area contributed by atoms with Crippen LogP contribution in [-0.2, 0) is 44.8 Å². The van der Waals surface area contributed by atoms with Crippen molar-refractivity contribution in [2.45, 2.75) is 95.0 Å². The second kappa shape index (κ2) is 26.3. The zero-order valence-corrected chi connectivity index (χ0v) is 33.5. The molecule has 0 spiro atoms. The zero-order valence-electron chi connectivity index (χ0n) is 31.7. The average molecular weight is 829 g/mol. The van der Waals surface area contributed by atoms with Gasteiger partial charge < -0.3 is 58.7 Å². The number of aromatic hydroxyl groups is 1. The van der Waals surface area contributed by atoms with Gasteiger partial charge in [0.15, 0.2) is 0 Å². The predicted octanol–water partition coefficient (Wildman–Crippen LogP) is -1.78. The van der Waals surface area contributed by atoms with Crippen LogP contribution in [0.2, 0.25) is 0 Å². The number of hydrogen-bond donors (Lipinski definition) is 12. The van der Waals surface area contributed by atoms with Gasteiger partial charge in [-0.1, -0.05) is 26.0 Å². The number of phenolic OH excluding ortho intramolecular Hbond substituents is 1. The summed E-state index contributed by atoms with van der Waals surface area (Å²) in [5.41, 5.74) is 11.5. The van der Waals surface area contributed by atoms with Crippen LogP contribution in [-0.4, -0.2) is 130 Å². The molecule has 0 aliphatic carbocycles. The smallest absolute Gasteiger partial charge is 0.326 e. The van der Waals surface area contributed by atoms with Gasteiger partial charge >= 0.3 is 11.9 Å². The zero-order chi connectivity index (χ0) is 42.4. The van der Waals surface area contributed by atoms with Gasteiger partial charge in [0.05, 0.1) is 6.54 Å². The molecule has 0 bridgehead atoms. The van der Waals surface area contributed by atoms with Crippen molar-refractivity contribution in [2.75, 3.05) is 30.9 Å². The minimum atomic E-state index is -1.38. The first kappa shape index (κ1) is 49.4. The maximum absolute atomic E-state index is 13.9. The highest BCUT2D eigenvalue weighted by atomic mass is 32.2. The van der Waals surface area contributed by atoms with Crippen molar-refractivity contribution < 1.29 is 53.7 Å². The van der Waals surface area contributed by atoms with Crippen molar-refractivity contribution in [1.82, 2.24) is 31.9 Å². The Morgan fingerprint density at radius 2 is 1.20 bits per heavy atom. The number of thioether (sulfide) groups is 1. The maximum atomic E-state index is 13.9. The lowest BCUT2D eigenvalue weighted by atomic mass is 10.0. The Bertz CT molecular complexity index is 1490. The Morgan fingerprint density at radius 1 is 0.696 bits per heavy atom. The fourth-order valence-corrected chi connectivity index (χ4v) is 5.91. The lowest BCUT2D eigenvalue weighted by molar-refractivity contribution is -0.143. The first-order chi connectivity index (χ1) is 26.5. The summed E-state index contributed by atoms with van der Waals surface area (Å²) < 4.78 is 0. The number of carboxylic acids is 2. The Morgan fingerprint density at radius 3 is 1.70 bits per heavy atom. The fourth-order valence-electron chi connectivity index (χ4n) is 5.18. The molecule has 56 heavy (non-hydrogen) atoms. The molecule has 0 radical (unpaired) electrons. The van der Waals surface area contributed by atoms with Crippen LogP contribution < -0.4 is 43.4 Å². The molecule has 6 unspecified atom stereocenters. The summed E-state index contributed by atoms with van der Waals surface area (Å²) in [6, 6.07) is -1.97. The Balaban J connectivity index is 3.33. The van der Waals surface area contributed by atoms with Crippen molar-refractivity contribution in [3.8, 4) is 5.75 Å². The summed E-state index contributed by atoms with van der Waals surface area (Å²) in [4.78, 5) is 103. The number of carboxylic acid groups (broad SMARTS) is 2. The number of nitrogens with two attached hydrogens (primary N) is 2. The largest absolute Gasteiger partial charge is 0.508 e. The molecule has 1 aromatic rings. The van der Waals surface area contributed by atoms with Crippen molar-refractivity contribution in [2.24, 2.45) is 17.4 Å². The minimum absolute atomic E-state index is 0.0591. The van der Waals surface area contributed by atoms with E-state index in [2.05, 4.69) is 44.5 Å². The highest BCUT2D eigenvalue weighted by Crippen LogP contribution is 2.13. The van der Waals surface area contributed by atoms with E-state index in [1.54, 1.807) is 20.1 Å². The topological polar surface area (TPSA) is 321 Å². The van der Waals surface area contributed by atoms with Crippen LogP contribution in [0.3, 0.4) is 0 Å². The van der Waals surface area contributed by atoms with Gasteiger partial charge in [-0.2, -0.15) is 24.4 Å². The van der Waals surface area contributed by atoms with E-state index in [1.807, 2.05) is 0 Å². The third-order valence-corrected chi connectivity index (χ3v) is 9.37. The normalized spacial score (nSPS) is 14.2. The lowest BCUT2D eigenvalue weighted by Crippen LogP contribution is -2.60. The van der Waals surface area contributed by atoms with Gasteiger partial charge in [0.25, 0.3) is 0 Å². The van der Waals surface area contributed by atoms with E-state index in [-0.39, 0.29) is 37.2 Å². The molecule has 0 saturated carbocycles. The number of phenols is 1. The molecule has 0 heterocycles. The number of thiol groups is 1. The number of hydrogen-bond acceptors (Lipinski definition) is 13. The van der Waals surface area contributed by atoms with E-state index in [0.29, 0.717) is 30.7 Å². The van der Waals surface area contributed by atoms with Gasteiger partial charge in [0.1, 0.15) is 42.0 Å². The summed E-state index contributed by atoms with van der Waals surface area (Å²) in [5.74, 6) is -7.65. The van der Waals surface area contributed by atoms with Crippen molar-refractivity contribution in [3.63, 3.8) is 0 Å². The summed E-state index contributed by atoms with van der Waals surface area (Å²) in [7, 11) is 0. The predicted molar refractivity (Wildman–Crippen MR) is 212 cm³/mol. The van der Waals surface area contributed by atoms with Gasteiger partial charge in [0.2, 0.25) is 35.4 Å². The molecule has 6 atom stereocenters. The number of nitrogens with one attached hydrogen (secondary N) is 6. The molecule has 13 N–H and O–H groups in total. The van der Waals surface area contributed by atoms with Gasteiger partial charge in [-0.05, 0) is 74.3 Å². The molecule has 0 aromatic heterocycles. The minimum Gasteiger partial charge on any atom is -0.508 e. The van der Waals surface area contributed by atoms with E-state index in [0.717, 1.165) is 0 Å². The van der Waals surface area contributed by atoms with Crippen LogP contribution in [0.4, 0.5) is 0 Å². The van der Waals surface area contributed by atoms with Crippen LogP contribution in [0.15, 0.2) is 24.3 Å². The monoisotopic (exact) mass is 828 g/mol. The summed E-state index contributed by atoms with van der Waals surface area (Å²) in [6.07, 6.45) is 1.95. The molecule has 6 amide bonds. The summed E-state index contributed by atoms with van der Waals surface area (Å²) in [6.45, 7) is 3.06. The molecular weight excluding hydrogens is 773 g/mol. The fraction of sp³-hybridized carbons (Fsp3) is 0.600. The highest BCUT2D eigenvalue weighted by Gasteiger charge is 2.33. The van der Waals surface area contributed by atoms with Gasteiger partial charge in [0, 0.05) is 18.6 Å². The van der Waals surface area contributed by atoms with E-state index >= 15 is 0 Å². The molecule has 1 aromatic carbocycles. The quantitative estimate of drug-likeness (QED) is 0.0345. The van der Waals surface area contributed by atoms with Crippen LogP contribution >= 0.6 is 24.4 Å². The van der Waals surface area contributed by atoms with Crippen LogP contribution in [0.1, 0.15) is 57.9 Å². The van der Waals surface area contributed by atoms with Crippen LogP contribution in [0.5, 0.6) is 5.75 Å². The second-order valence-corrected chi connectivity index (χ2v) is 14.5.